The Morgan fingerprint density at radius 1 is 1.08 bits per heavy atom. The van der Waals surface area contributed by atoms with Crippen molar-refractivity contribution in [3.63, 3.8) is 0 Å². The summed E-state index contributed by atoms with van der Waals surface area (Å²) in [5, 5.41) is 5.29. The van der Waals surface area contributed by atoms with Gasteiger partial charge in [-0.05, 0) is 49.1 Å². The molecule has 3 amide bonds. The lowest BCUT2D eigenvalue weighted by Crippen LogP contribution is -2.53. The van der Waals surface area contributed by atoms with Crippen LogP contribution in [0, 0.1) is 0 Å². The number of hydrogen-bond acceptors (Lipinski definition) is 3. The lowest BCUT2D eigenvalue weighted by molar-refractivity contribution is -0.136. The molecule has 4 rings (SSSR count). The van der Waals surface area contributed by atoms with Crippen molar-refractivity contribution in [1.29, 1.82) is 0 Å². The Labute approximate surface area is 153 Å². The van der Waals surface area contributed by atoms with Crippen molar-refractivity contribution >= 4 is 23.3 Å². The first-order valence-corrected chi connectivity index (χ1v) is 10.5. The van der Waals surface area contributed by atoms with Gasteiger partial charge in [-0.1, -0.05) is 19.3 Å². The molecule has 0 spiro atoms. The third kappa shape index (κ3) is 3.54. The Kier molecular flexibility index (Phi) is 4.97. The van der Waals surface area contributed by atoms with Crippen LogP contribution in [0.5, 0.6) is 0 Å². The summed E-state index contributed by atoms with van der Waals surface area (Å²) in [5.41, 5.74) is 1.28. The first-order valence-electron chi connectivity index (χ1n) is 9.63. The lowest BCUT2D eigenvalue weighted by atomic mass is 9.96. The SMILES string of the molecule is O=C([C@H]1CCCN1C(=O)NC1CCCCC1)N1CCc2sccc2C1. The van der Waals surface area contributed by atoms with Crippen LogP contribution in [0.3, 0.4) is 0 Å². The van der Waals surface area contributed by atoms with Crippen LogP contribution in [0.2, 0.25) is 0 Å². The average molecular weight is 362 g/mol. The molecule has 0 aromatic carbocycles. The van der Waals surface area contributed by atoms with Gasteiger partial charge in [0.25, 0.3) is 0 Å². The highest BCUT2D eigenvalue weighted by Crippen LogP contribution is 2.27. The number of carbonyl (C=O) groups excluding carboxylic acids is 2. The number of urea groups is 1. The summed E-state index contributed by atoms with van der Waals surface area (Å²) >= 11 is 1.78. The van der Waals surface area contributed by atoms with Gasteiger partial charge in [0, 0.05) is 30.6 Å². The minimum Gasteiger partial charge on any atom is -0.336 e. The van der Waals surface area contributed by atoms with E-state index in [9.17, 15) is 9.59 Å². The van der Waals surface area contributed by atoms with Gasteiger partial charge in [0.2, 0.25) is 5.91 Å². The summed E-state index contributed by atoms with van der Waals surface area (Å²) in [5.74, 6) is 0.133. The molecule has 6 heteroatoms. The predicted octanol–water partition coefficient (Wildman–Crippen LogP) is 3.14. The summed E-state index contributed by atoms with van der Waals surface area (Å²) in [4.78, 5) is 30.9. The zero-order chi connectivity index (χ0) is 17.2. The van der Waals surface area contributed by atoms with Crippen molar-refractivity contribution in [3.8, 4) is 0 Å². The van der Waals surface area contributed by atoms with E-state index in [2.05, 4.69) is 16.8 Å². The molecular formula is C19H27N3O2S. The topological polar surface area (TPSA) is 52.7 Å². The summed E-state index contributed by atoms with van der Waals surface area (Å²) < 4.78 is 0. The highest BCUT2D eigenvalue weighted by Gasteiger charge is 2.38. The number of likely N-dealkylation sites (tertiary alicyclic amines) is 1. The number of carbonyl (C=O) groups is 2. The smallest absolute Gasteiger partial charge is 0.318 e. The summed E-state index contributed by atoms with van der Waals surface area (Å²) in [6.07, 6.45) is 8.48. The molecule has 5 nitrogen and oxygen atoms in total. The summed E-state index contributed by atoms with van der Waals surface area (Å²) in [6.45, 7) is 2.18. The van der Waals surface area contributed by atoms with E-state index < -0.39 is 0 Å². The van der Waals surface area contributed by atoms with Crippen molar-refractivity contribution in [1.82, 2.24) is 15.1 Å². The van der Waals surface area contributed by atoms with Gasteiger partial charge < -0.3 is 15.1 Å². The van der Waals surface area contributed by atoms with E-state index in [0.29, 0.717) is 19.1 Å². The van der Waals surface area contributed by atoms with Gasteiger partial charge in [0.15, 0.2) is 0 Å². The Balaban J connectivity index is 1.39. The molecule has 1 aromatic heterocycles. The zero-order valence-electron chi connectivity index (χ0n) is 14.7. The van der Waals surface area contributed by atoms with Crippen LogP contribution in [-0.4, -0.2) is 46.9 Å². The van der Waals surface area contributed by atoms with Gasteiger partial charge in [0.05, 0.1) is 0 Å². The van der Waals surface area contributed by atoms with Crippen LogP contribution in [0.1, 0.15) is 55.4 Å². The third-order valence-electron chi connectivity index (χ3n) is 5.85. The fourth-order valence-electron chi connectivity index (χ4n) is 4.42. The van der Waals surface area contributed by atoms with Crippen LogP contribution < -0.4 is 5.32 Å². The molecule has 1 atom stereocenters. The minimum absolute atomic E-state index is 0.0315. The van der Waals surface area contributed by atoms with Gasteiger partial charge in [-0.15, -0.1) is 11.3 Å². The fraction of sp³-hybridized carbons (Fsp3) is 0.684. The van der Waals surface area contributed by atoms with Crippen LogP contribution >= 0.6 is 11.3 Å². The molecule has 1 aromatic rings. The average Bonchev–Trinajstić information content (AvgIpc) is 3.30. The Morgan fingerprint density at radius 2 is 1.92 bits per heavy atom. The van der Waals surface area contributed by atoms with Crippen LogP contribution in [0.15, 0.2) is 11.4 Å². The lowest BCUT2D eigenvalue weighted by Gasteiger charge is -2.33. The van der Waals surface area contributed by atoms with Gasteiger partial charge in [-0.25, -0.2) is 4.79 Å². The normalized spacial score (nSPS) is 24.2. The summed E-state index contributed by atoms with van der Waals surface area (Å²) in [6, 6.07) is 2.11. The number of nitrogens with zero attached hydrogens (tertiary/aromatic N) is 2. The van der Waals surface area contributed by atoms with E-state index in [1.807, 2.05) is 4.90 Å². The number of rotatable bonds is 2. The third-order valence-corrected chi connectivity index (χ3v) is 6.87. The highest BCUT2D eigenvalue weighted by molar-refractivity contribution is 7.10. The maximum Gasteiger partial charge on any atom is 0.318 e. The van der Waals surface area contributed by atoms with Gasteiger partial charge >= 0.3 is 6.03 Å². The molecule has 136 valence electrons. The van der Waals surface area contributed by atoms with Crippen LogP contribution in [0.4, 0.5) is 4.79 Å². The van der Waals surface area contributed by atoms with Crippen molar-refractivity contribution < 1.29 is 9.59 Å². The Hall–Kier alpha value is -1.56. The monoisotopic (exact) mass is 361 g/mol. The number of thiophene rings is 1. The largest absolute Gasteiger partial charge is 0.336 e. The van der Waals surface area contributed by atoms with Crippen molar-refractivity contribution in [2.75, 3.05) is 13.1 Å². The van der Waals surface area contributed by atoms with Crippen molar-refractivity contribution in [2.24, 2.45) is 0 Å². The second-order valence-corrected chi connectivity index (χ2v) is 8.52. The Morgan fingerprint density at radius 3 is 2.76 bits per heavy atom. The number of amides is 3. The molecule has 2 fully saturated rings. The molecule has 1 N–H and O–H groups in total. The Bertz CT molecular complexity index is 638. The second kappa shape index (κ2) is 7.36. The van der Waals surface area contributed by atoms with Gasteiger partial charge in [-0.3, -0.25) is 4.79 Å². The van der Waals surface area contributed by atoms with Crippen LogP contribution in [0.25, 0.3) is 0 Å². The number of hydrogen-bond donors (Lipinski definition) is 1. The maximum absolute atomic E-state index is 13.0. The standard InChI is InChI=1S/C19H27N3O2S/c23-18(21-11-8-17-14(13-21)9-12-25-17)16-7-4-10-22(16)19(24)20-15-5-2-1-3-6-15/h9,12,15-16H,1-8,10-11,13H2,(H,20,24)/t16-/m1/s1. The first-order chi connectivity index (χ1) is 12.2. The molecule has 1 aliphatic carbocycles. The number of fused-ring (bicyclic) bond motifs is 1. The minimum atomic E-state index is -0.274. The van der Waals surface area contributed by atoms with E-state index in [0.717, 1.165) is 38.6 Å². The fourth-order valence-corrected chi connectivity index (χ4v) is 5.31. The molecule has 1 saturated carbocycles. The quantitative estimate of drug-likeness (QED) is 0.880. The van der Waals surface area contributed by atoms with E-state index in [1.165, 1.54) is 29.7 Å². The van der Waals surface area contributed by atoms with Crippen LogP contribution in [-0.2, 0) is 17.8 Å². The number of nitrogens with one attached hydrogen (secondary N) is 1. The molecule has 0 unspecified atom stereocenters. The first kappa shape index (κ1) is 16.9. The van der Waals surface area contributed by atoms with E-state index in [-0.39, 0.29) is 18.0 Å². The predicted molar refractivity (Wildman–Crippen MR) is 98.6 cm³/mol. The van der Waals surface area contributed by atoms with Crippen molar-refractivity contribution in [2.45, 2.75) is 70.0 Å². The maximum atomic E-state index is 13.0. The molecule has 0 bridgehead atoms. The molecule has 25 heavy (non-hydrogen) atoms. The summed E-state index contributed by atoms with van der Waals surface area (Å²) in [7, 11) is 0. The van der Waals surface area contributed by atoms with Gasteiger partial charge in [0.1, 0.15) is 6.04 Å². The highest BCUT2D eigenvalue weighted by atomic mass is 32.1. The molecule has 3 aliphatic rings. The van der Waals surface area contributed by atoms with Gasteiger partial charge in [-0.2, -0.15) is 0 Å². The van der Waals surface area contributed by atoms with Crippen molar-refractivity contribution in [3.05, 3.63) is 21.9 Å². The molecule has 2 aliphatic heterocycles. The molecular weight excluding hydrogens is 334 g/mol. The second-order valence-electron chi connectivity index (χ2n) is 7.51. The molecule has 1 saturated heterocycles. The molecule has 0 radical (unpaired) electrons. The molecule has 3 heterocycles. The zero-order valence-corrected chi connectivity index (χ0v) is 15.5. The van der Waals surface area contributed by atoms with E-state index >= 15 is 0 Å². The van der Waals surface area contributed by atoms with E-state index in [4.69, 9.17) is 0 Å². The van der Waals surface area contributed by atoms with E-state index in [1.54, 1.807) is 16.2 Å².